The summed E-state index contributed by atoms with van der Waals surface area (Å²) in [7, 11) is -3.40. The molecule has 1 aliphatic heterocycles. The van der Waals surface area contributed by atoms with Crippen LogP contribution in [0.2, 0.25) is 0 Å². The molecule has 23 heavy (non-hydrogen) atoms. The van der Waals surface area contributed by atoms with E-state index in [2.05, 4.69) is 6.58 Å². The molecular weight excluding hydrogens is 310 g/mol. The highest BCUT2D eigenvalue weighted by Gasteiger charge is 2.45. The molecular formula is C18H27NO3S. The molecule has 0 radical (unpaired) electrons. The molecule has 0 bridgehead atoms. The molecule has 0 aromatic heterocycles. The van der Waals surface area contributed by atoms with Crippen LogP contribution in [0.3, 0.4) is 0 Å². The smallest absolute Gasteiger partial charge is 0.219 e. The lowest BCUT2D eigenvalue weighted by atomic mass is 9.86. The molecule has 1 N–H and O–H groups in total. The van der Waals surface area contributed by atoms with Crippen LogP contribution in [0.4, 0.5) is 0 Å². The van der Waals surface area contributed by atoms with Gasteiger partial charge in [0.15, 0.2) is 0 Å². The van der Waals surface area contributed by atoms with Crippen molar-refractivity contribution in [3.63, 3.8) is 0 Å². The highest BCUT2D eigenvalue weighted by atomic mass is 32.2. The second-order valence-electron chi connectivity index (χ2n) is 7.30. The normalized spacial score (nSPS) is 24.6. The fourth-order valence-electron chi connectivity index (χ4n) is 3.13. The molecule has 3 atom stereocenters. The Morgan fingerprint density at radius 1 is 1.30 bits per heavy atom. The van der Waals surface area contributed by atoms with Crippen molar-refractivity contribution in [2.24, 2.45) is 11.8 Å². The van der Waals surface area contributed by atoms with Crippen LogP contribution in [0.1, 0.15) is 38.0 Å². The summed E-state index contributed by atoms with van der Waals surface area (Å²) in [4.78, 5) is 0. The Balaban J connectivity index is 2.30. The maximum Gasteiger partial charge on any atom is 0.219 e. The minimum atomic E-state index is -3.40. The van der Waals surface area contributed by atoms with Crippen LogP contribution in [-0.2, 0) is 10.0 Å². The minimum absolute atomic E-state index is 0.0540. The quantitative estimate of drug-likeness (QED) is 0.860. The third-order valence-corrected chi connectivity index (χ3v) is 7.23. The van der Waals surface area contributed by atoms with E-state index in [4.69, 9.17) is 0 Å². The van der Waals surface area contributed by atoms with Gasteiger partial charge in [-0.3, -0.25) is 0 Å². The molecule has 0 amide bonds. The van der Waals surface area contributed by atoms with E-state index in [0.29, 0.717) is 13.1 Å². The number of aryl methyl sites for hydroxylation is 1. The van der Waals surface area contributed by atoms with Crippen LogP contribution in [0.5, 0.6) is 0 Å². The third-order valence-electron chi connectivity index (χ3n) is 4.71. The molecule has 3 unspecified atom stereocenters. The maximum atomic E-state index is 12.7. The molecule has 1 aromatic carbocycles. The lowest BCUT2D eigenvalue weighted by molar-refractivity contribution is 0.102. The van der Waals surface area contributed by atoms with Gasteiger partial charge in [0, 0.05) is 19.0 Å². The zero-order valence-electron chi connectivity index (χ0n) is 14.4. The summed E-state index contributed by atoms with van der Waals surface area (Å²) >= 11 is 0. The Morgan fingerprint density at radius 2 is 1.91 bits per heavy atom. The van der Waals surface area contributed by atoms with Crippen molar-refractivity contribution in [2.75, 3.05) is 13.1 Å². The standard InChI is InChI=1S/C18H27NO3S/c1-6-14-11-19(23(21,22)18(3,4)5)12-16(14)17(20)15-10-8-7-9-13(15)2/h6-10,14,16-17,20H,1,11-12H2,2-5H3. The number of benzene rings is 1. The lowest BCUT2D eigenvalue weighted by Crippen LogP contribution is -2.42. The van der Waals surface area contributed by atoms with Gasteiger partial charge >= 0.3 is 0 Å². The highest BCUT2D eigenvalue weighted by molar-refractivity contribution is 7.90. The molecule has 0 aliphatic carbocycles. The van der Waals surface area contributed by atoms with E-state index in [1.807, 2.05) is 31.2 Å². The molecule has 0 saturated carbocycles. The van der Waals surface area contributed by atoms with Crippen LogP contribution in [0.25, 0.3) is 0 Å². The Morgan fingerprint density at radius 3 is 2.43 bits per heavy atom. The van der Waals surface area contributed by atoms with Crippen molar-refractivity contribution in [2.45, 2.75) is 38.5 Å². The van der Waals surface area contributed by atoms with E-state index >= 15 is 0 Å². The molecule has 5 heteroatoms. The second kappa shape index (κ2) is 6.38. The number of nitrogens with zero attached hydrogens (tertiary/aromatic N) is 1. The first-order chi connectivity index (χ1) is 10.6. The summed E-state index contributed by atoms with van der Waals surface area (Å²) in [6.07, 6.45) is 1.07. The monoisotopic (exact) mass is 337 g/mol. The number of aliphatic hydroxyl groups is 1. The zero-order valence-corrected chi connectivity index (χ0v) is 15.2. The molecule has 1 aromatic rings. The average Bonchev–Trinajstić information content (AvgIpc) is 2.90. The van der Waals surface area contributed by atoms with Gasteiger partial charge in [0.25, 0.3) is 0 Å². The van der Waals surface area contributed by atoms with Crippen molar-refractivity contribution in [1.82, 2.24) is 4.31 Å². The van der Waals surface area contributed by atoms with E-state index in [-0.39, 0.29) is 11.8 Å². The number of hydrogen-bond acceptors (Lipinski definition) is 3. The fraction of sp³-hybridized carbons (Fsp3) is 0.556. The van der Waals surface area contributed by atoms with Gasteiger partial charge < -0.3 is 5.11 Å². The van der Waals surface area contributed by atoms with E-state index in [9.17, 15) is 13.5 Å². The van der Waals surface area contributed by atoms with Crippen LogP contribution >= 0.6 is 0 Å². The van der Waals surface area contributed by atoms with Gasteiger partial charge in [0.2, 0.25) is 10.0 Å². The van der Waals surface area contributed by atoms with Gasteiger partial charge in [-0.1, -0.05) is 30.3 Å². The van der Waals surface area contributed by atoms with Crippen LogP contribution in [0, 0.1) is 18.8 Å². The van der Waals surface area contributed by atoms with Gasteiger partial charge in [-0.05, 0) is 44.7 Å². The molecule has 1 saturated heterocycles. The number of sulfonamides is 1. The Hall–Kier alpha value is -1.17. The van der Waals surface area contributed by atoms with Gasteiger partial charge in [0.1, 0.15) is 0 Å². The molecule has 2 rings (SSSR count). The SMILES string of the molecule is C=CC1CN(S(=O)(=O)C(C)(C)C)CC1C(O)c1ccccc1C. The average molecular weight is 337 g/mol. The van der Waals surface area contributed by atoms with Crippen molar-refractivity contribution >= 4 is 10.0 Å². The summed E-state index contributed by atoms with van der Waals surface area (Å²) < 4.78 is 26.1. The second-order valence-corrected chi connectivity index (χ2v) is 9.99. The predicted molar refractivity (Wildman–Crippen MR) is 93.6 cm³/mol. The highest BCUT2D eigenvalue weighted by Crippen LogP contribution is 2.38. The summed E-state index contributed by atoms with van der Waals surface area (Å²) in [5.41, 5.74) is 1.87. The first kappa shape index (κ1) is 18.2. The van der Waals surface area contributed by atoms with Crippen molar-refractivity contribution < 1.29 is 13.5 Å². The first-order valence-electron chi connectivity index (χ1n) is 7.95. The van der Waals surface area contributed by atoms with E-state index in [1.54, 1.807) is 26.8 Å². The van der Waals surface area contributed by atoms with E-state index < -0.39 is 20.9 Å². The molecule has 1 heterocycles. The molecule has 1 fully saturated rings. The predicted octanol–water partition coefficient (Wildman–Crippen LogP) is 2.89. The number of aliphatic hydroxyl groups excluding tert-OH is 1. The Kier molecular flexibility index (Phi) is 5.04. The minimum Gasteiger partial charge on any atom is -0.388 e. The van der Waals surface area contributed by atoms with Gasteiger partial charge in [-0.25, -0.2) is 12.7 Å². The Labute approximate surface area is 139 Å². The first-order valence-corrected chi connectivity index (χ1v) is 9.39. The topological polar surface area (TPSA) is 57.6 Å². The summed E-state index contributed by atoms with van der Waals surface area (Å²) in [5.74, 6) is -0.229. The van der Waals surface area contributed by atoms with Gasteiger partial charge in [-0.15, -0.1) is 6.58 Å². The van der Waals surface area contributed by atoms with Gasteiger partial charge in [-0.2, -0.15) is 0 Å². The molecule has 4 nitrogen and oxygen atoms in total. The lowest BCUT2D eigenvalue weighted by Gasteiger charge is -2.27. The van der Waals surface area contributed by atoms with Crippen molar-refractivity contribution in [3.05, 3.63) is 48.0 Å². The van der Waals surface area contributed by atoms with Gasteiger partial charge in [0.05, 0.1) is 10.9 Å². The van der Waals surface area contributed by atoms with Crippen LogP contribution in [0.15, 0.2) is 36.9 Å². The molecule has 128 valence electrons. The maximum absolute atomic E-state index is 12.7. The Bertz CT molecular complexity index is 676. The van der Waals surface area contributed by atoms with Crippen molar-refractivity contribution in [1.29, 1.82) is 0 Å². The number of rotatable bonds is 4. The summed E-state index contributed by atoms with van der Waals surface area (Å²) in [6, 6.07) is 7.69. The van der Waals surface area contributed by atoms with Crippen LogP contribution in [-0.4, -0.2) is 35.7 Å². The fourth-order valence-corrected chi connectivity index (χ4v) is 4.64. The number of hydrogen-bond donors (Lipinski definition) is 1. The third kappa shape index (κ3) is 3.37. The summed E-state index contributed by atoms with van der Waals surface area (Å²) in [5, 5.41) is 10.8. The largest absolute Gasteiger partial charge is 0.388 e. The zero-order chi connectivity index (χ0) is 17.4. The van der Waals surface area contributed by atoms with E-state index in [1.165, 1.54) is 4.31 Å². The molecule has 1 aliphatic rings. The van der Waals surface area contributed by atoms with E-state index in [0.717, 1.165) is 11.1 Å². The van der Waals surface area contributed by atoms with Crippen molar-refractivity contribution in [3.8, 4) is 0 Å². The van der Waals surface area contributed by atoms with Crippen LogP contribution < -0.4 is 0 Å². The summed E-state index contributed by atoms with van der Waals surface area (Å²) in [6.45, 7) is 11.6. The molecule has 0 spiro atoms.